The predicted molar refractivity (Wildman–Crippen MR) is 147 cm³/mol. The second-order valence-electron chi connectivity index (χ2n) is 12.5. The van der Waals surface area contributed by atoms with Gasteiger partial charge in [-0.2, -0.15) is 0 Å². The molecule has 0 heterocycles. The number of nitrogens with zero attached hydrogens (tertiary/aromatic N) is 1. The summed E-state index contributed by atoms with van der Waals surface area (Å²) in [4.78, 5) is 29.4. The Kier molecular flexibility index (Phi) is 7.22. The number of aliphatic hydroxyl groups is 2. The molecule has 8 heteroatoms. The van der Waals surface area contributed by atoms with Crippen molar-refractivity contribution in [1.82, 2.24) is 5.32 Å². The van der Waals surface area contributed by atoms with E-state index in [1.807, 2.05) is 13.0 Å². The highest BCUT2D eigenvalue weighted by atomic mass is 16.6. The summed E-state index contributed by atoms with van der Waals surface area (Å²) >= 11 is 0. The van der Waals surface area contributed by atoms with E-state index in [1.165, 1.54) is 5.57 Å². The molecule has 3 saturated carbocycles. The standard InChI is InChI=1S/C31H40N2O6/c1-29-14-11-21(33-39-18-25(34)32-26(28(36)37)27(35)19-7-5-4-6-8-19)17-20(29)9-10-22-23(29)12-15-30(2)24(22)13-16-31(30,3)38/h4-8,11,14,17,22-24,26-27,35,38H,9-10,12-13,15-16,18H2,1-3H3,(H,32,34)(H,36,37)/t22-,23?,24?,26?,27?,29+,30+,31+/m1/s1. The number of amides is 1. The van der Waals surface area contributed by atoms with Gasteiger partial charge in [-0.3, -0.25) is 4.79 Å². The van der Waals surface area contributed by atoms with E-state index in [0.29, 0.717) is 29.0 Å². The largest absolute Gasteiger partial charge is 0.480 e. The molecule has 0 radical (unpaired) electrons. The molecule has 0 bridgehead atoms. The van der Waals surface area contributed by atoms with Crippen LogP contribution in [0.1, 0.15) is 71.0 Å². The van der Waals surface area contributed by atoms with Crippen LogP contribution in [0.2, 0.25) is 0 Å². The highest BCUT2D eigenvalue weighted by molar-refractivity contribution is 6.05. The maximum Gasteiger partial charge on any atom is 0.329 e. The molecule has 5 rings (SSSR count). The smallest absolute Gasteiger partial charge is 0.329 e. The van der Waals surface area contributed by atoms with Crippen LogP contribution < -0.4 is 5.32 Å². The molecule has 1 amide bonds. The molecule has 0 aliphatic heterocycles. The van der Waals surface area contributed by atoms with Crippen molar-refractivity contribution in [3.05, 3.63) is 59.7 Å². The summed E-state index contributed by atoms with van der Waals surface area (Å²) in [6.45, 7) is 6.18. The van der Waals surface area contributed by atoms with Crippen LogP contribution in [0.3, 0.4) is 0 Å². The zero-order chi connectivity index (χ0) is 28.0. The molecule has 210 valence electrons. The number of allylic oxidation sites excluding steroid dienone is 4. The number of rotatable bonds is 7. The zero-order valence-corrected chi connectivity index (χ0v) is 23.0. The van der Waals surface area contributed by atoms with Gasteiger partial charge in [-0.15, -0.1) is 0 Å². The summed E-state index contributed by atoms with van der Waals surface area (Å²) in [5, 5.41) is 37.5. The van der Waals surface area contributed by atoms with E-state index in [4.69, 9.17) is 4.84 Å². The Morgan fingerprint density at radius 2 is 1.82 bits per heavy atom. The fraction of sp³-hybridized carbons (Fsp3) is 0.581. The number of aliphatic hydroxyl groups excluding tert-OH is 1. The lowest BCUT2D eigenvalue weighted by atomic mass is 9.47. The lowest BCUT2D eigenvalue weighted by Gasteiger charge is -2.58. The minimum Gasteiger partial charge on any atom is -0.480 e. The number of carboxylic acids is 1. The molecular weight excluding hydrogens is 496 g/mol. The van der Waals surface area contributed by atoms with Gasteiger partial charge in [0.2, 0.25) is 0 Å². The number of oxime groups is 1. The van der Waals surface area contributed by atoms with Gasteiger partial charge in [-0.1, -0.05) is 61.0 Å². The third-order valence-electron chi connectivity index (χ3n) is 10.5. The Hall–Kier alpha value is -2.97. The lowest BCUT2D eigenvalue weighted by molar-refractivity contribution is -0.146. The van der Waals surface area contributed by atoms with E-state index in [0.717, 1.165) is 38.5 Å². The van der Waals surface area contributed by atoms with Crippen LogP contribution in [0.15, 0.2) is 59.3 Å². The molecule has 4 unspecified atom stereocenters. The fourth-order valence-corrected chi connectivity index (χ4v) is 8.01. The Balaban J connectivity index is 1.21. The van der Waals surface area contributed by atoms with Crippen LogP contribution in [0.4, 0.5) is 0 Å². The van der Waals surface area contributed by atoms with Crippen molar-refractivity contribution >= 4 is 17.6 Å². The first kappa shape index (κ1) is 27.6. The van der Waals surface area contributed by atoms with Gasteiger partial charge in [-0.25, -0.2) is 4.79 Å². The van der Waals surface area contributed by atoms with Gasteiger partial charge in [0, 0.05) is 5.41 Å². The number of benzene rings is 1. The molecule has 0 aromatic heterocycles. The van der Waals surface area contributed by atoms with Crippen molar-refractivity contribution < 1.29 is 29.7 Å². The van der Waals surface area contributed by atoms with Crippen molar-refractivity contribution in [3.63, 3.8) is 0 Å². The zero-order valence-electron chi connectivity index (χ0n) is 23.0. The summed E-state index contributed by atoms with van der Waals surface area (Å²) in [5.74, 6) is -0.360. The maximum atomic E-state index is 12.4. The quantitative estimate of drug-likeness (QED) is 0.388. The van der Waals surface area contributed by atoms with Gasteiger partial charge >= 0.3 is 5.97 Å². The summed E-state index contributed by atoms with van der Waals surface area (Å²) in [5.41, 5.74) is 1.68. The van der Waals surface area contributed by atoms with Crippen molar-refractivity contribution in [3.8, 4) is 0 Å². The summed E-state index contributed by atoms with van der Waals surface area (Å²) in [6, 6.07) is 6.82. The Morgan fingerprint density at radius 1 is 1.10 bits per heavy atom. The summed E-state index contributed by atoms with van der Waals surface area (Å²) in [7, 11) is 0. The Labute approximate surface area is 229 Å². The van der Waals surface area contributed by atoms with E-state index in [1.54, 1.807) is 30.3 Å². The van der Waals surface area contributed by atoms with Crippen LogP contribution >= 0.6 is 0 Å². The predicted octanol–water partition coefficient (Wildman–Crippen LogP) is 4.15. The molecule has 1 aromatic carbocycles. The molecule has 4 aliphatic carbocycles. The second kappa shape index (κ2) is 10.2. The van der Waals surface area contributed by atoms with E-state index in [-0.39, 0.29) is 10.8 Å². The SMILES string of the molecule is C[C@]12C=CC(=NOCC(=O)NC(C(=O)O)C(O)c3ccccc3)C=C1CC[C@@H]1C2CC[C@@]2(C)C1CC[C@]2(C)O. The molecule has 8 nitrogen and oxygen atoms in total. The number of aliphatic carboxylic acids is 1. The van der Waals surface area contributed by atoms with Gasteiger partial charge in [0.25, 0.3) is 5.91 Å². The number of carboxylic acid groups (broad SMARTS) is 1. The van der Waals surface area contributed by atoms with Crippen molar-refractivity contribution in [2.45, 2.75) is 77.0 Å². The van der Waals surface area contributed by atoms with Crippen LogP contribution in [-0.2, 0) is 14.4 Å². The highest BCUT2D eigenvalue weighted by Gasteiger charge is 2.62. The average molecular weight is 537 g/mol. The molecule has 39 heavy (non-hydrogen) atoms. The first-order valence-electron chi connectivity index (χ1n) is 14.0. The molecule has 0 saturated heterocycles. The molecular formula is C31H40N2O6. The van der Waals surface area contributed by atoms with Gasteiger partial charge in [0.15, 0.2) is 12.6 Å². The van der Waals surface area contributed by atoms with E-state index < -0.39 is 36.2 Å². The van der Waals surface area contributed by atoms with Gasteiger partial charge in [-0.05, 0) is 86.3 Å². The minimum atomic E-state index is -1.51. The molecule has 1 aromatic rings. The first-order chi connectivity index (χ1) is 18.5. The van der Waals surface area contributed by atoms with Crippen molar-refractivity contribution in [1.29, 1.82) is 0 Å². The van der Waals surface area contributed by atoms with Crippen LogP contribution in [0, 0.1) is 28.6 Å². The number of hydrogen-bond donors (Lipinski definition) is 4. The lowest BCUT2D eigenvalue weighted by Crippen LogP contribution is -2.53. The monoisotopic (exact) mass is 536 g/mol. The fourth-order valence-electron chi connectivity index (χ4n) is 8.01. The third kappa shape index (κ3) is 4.82. The minimum absolute atomic E-state index is 0.0120. The normalized spacial score (nSPS) is 37.6. The van der Waals surface area contributed by atoms with Gasteiger partial charge < -0.3 is 25.5 Å². The average Bonchev–Trinajstić information content (AvgIpc) is 3.16. The van der Waals surface area contributed by atoms with E-state index >= 15 is 0 Å². The molecule has 8 atom stereocenters. The van der Waals surface area contributed by atoms with Gasteiger partial charge in [0.1, 0.15) is 11.8 Å². The number of hydrogen-bond acceptors (Lipinski definition) is 6. The second-order valence-corrected chi connectivity index (χ2v) is 12.5. The number of nitrogens with one attached hydrogen (secondary N) is 1. The topological polar surface area (TPSA) is 128 Å². The number of fused-ring (bicyclic) bond motifs is 5. The highest BCUT2D eigenvalue weighted by Crippen LogP contribution is 2.66. The van der Waals surface area contributed by atoms with Crippen molar-refractivity contribution in [2.75, 3.05) is 6.61 Å². The Morgan fingerprint density at radius 3 is 2.54 bits per heavy atom. The van der Waals surface area contributed by atoms with E-state index in [2.05, 4.69) is 36.5 Å². The third-order valence-corrected chi connectivity index (χ3v) is 10.5. The van der Waals surface area contributed by atoms with Crippen LogP contribution in [-0.4, -0.2) is 51.2 Å². The maximum absolute atomic E-state index is 12.4. The van der Waals surface area contributed by atoms with Crippen LogP contribution in [0.5, 0.6) is 0 Å². The summed E-state index contributed by atoms with van der Waals surface area (Å²) < 4.78 is 0. The number of carbonyl (C=O) groups is 2. The molecule has 4 aliphatic rings. The van der Waals surface area contributed by atoms with Crippen LogP contribution in [0.25, 0.3) is 0 Å². The Bertz CT molecular complexity index is 1210. The van der Waals surface area contributed by atoms with E-state index in [9.17, 15) is 24.9 Å². The molecule has 0 spiro atoms. The first-order valence-corrected chi connectivity index (χ1v) is 14.0. The number of carbonyl (C=O) groups excluding carboxylic acids is 1. The van der Waals surface area contributed by atoms with Gasteiger partial charge in [0.05, 0.1) is 5.60 Å². The molecule has 3 fully saturated rings. The van der Waals surface area contributed by atoms with Crippen molar-refractivity contribution in [2.24, 2.45) is 33.7 Å². The molecule has 4 N–H and O–H groups in total. The summed E-state index contributed by atoms with van der Waals surface area (Å²) in [6.07, 6.45) is 11.0.